The molecule has 1 aliphatic rings. The summed E-state index contributed by atoms with van der Waals surface area (Å²) in [4.78, 5) is 0. The van der Waals surface area contributed by atoms with Gasteiger partial charge >= 0.3 is 0 Å². The highest BCUT2D eigenvalue weighted by Crippen LogP contribution is 2.17. The van der Waals surface area contributed by atoms with Gasteiger partial charge in [0.1, 0.15) is 0 Å². The monoisotopic (exact) mass is 140 g/mol. The average Bonchev–Trinajstić information content (AvgIpc) is 2.03. The number of unbranched alkanes of at least 4 members (excludes halogenated alkanes) is 1. The predicted molar refractivity (Wildman–Crippen MR) is 42.8 cm³/mol. The fourth-order valence-corrected chi connectivity index (χ4v) is 1.21. The molecule has 1 nitrogen and oxygen atoms in total. The van der Waals surface area contributed by atoms with Gasteiger partial charge in [0, 0.05) is 0 Å². The van der Waals surface area contributed by atoms with Crippen LogP contribution in [-0.4, -0.2) is 6.61 Å². The van der Waals surface area contributed by atoms with Crippen molar-refractivity contribution >= 4 is 0 Å². The van der Waals surface area contributed by atoms with Gasteiger partial charge in [0.15, 0.2) is 0 Å². The molecule has 0 unspecified atom stereocenters. The summed E-state index contributed by atoms with van der Waals surface area (Å²) in [7, 11) is 0. The first kappa shape index (κ1) is 7.64. The van der Waals surface area contributed by atoms with Crippen molar-refractivity contribution in [1.82, 2.24) is 0 Å². The Hall–Kier alpha value is -0.460. The Labute approximate surface area is 63.1 Å². The van der Waals surface area contributed by atoms with Crippen molar-refractivity contribution in [2.24, 2.45) is 0 Å². The molecule has 1 aliphatic heterocycles. The van der Waals surface area contributed by atoms with Gasteiger partial charge in [-0.2, -0.15) is 0 Å². The van der Waals surface area contributed by atoms with Gasteiger partial charge in [0.05, 0.1) is 12.9 Å². The summed E-state index contributed by atoms with van der Waals surface area (Å²) >= 11 is 0. The Bertz CT molecular complexity index is 116. The number of hydrogen-bond acceptors (Lipinski definition) is 1. The average molecular weight is 140 g/mol. The molecule has 1 rings (SSSR count). The van der Waals surface area contributed by atoms with Crippen LogP contribution in [0.5, 0.6) is 0 Å². The fraction of sp³-hybridized carbons (Fsp3) is 0.778. The van der Waals surface area contributed by atoms with Crippen molar-refractivity contribution in [3.63, 3.8) is 0 Å². The van der Waals surface area contributed by atoms with Gasteiger partial charge < -0.3 is 4.74 Å². The van der Waals surface area contributed by atoms with Crippen LogP contribution in [0.2, 0.25) is 0 Å². The molecule has 10 heavy (non-hydrogen) atoms. The molecule has 0 radical (unpaired) electrons. The van der Waals surface area contributed by atoms with E-state index in [-0.39, 0.29) is 0 Å². The van der Waals surface area contributed by atoms with E-state index in [0.29, 0.717) is 0 Å². The molecule has 0 aromatic heterocycles. The number of hydrogen-bond donors (Lipinski definition) is 0. The highest BCUT2D eigenvalue weighted by atomic mass is 16.5. The quantitative estimate of drug-likeness (QED) is 0.585. The summed E-state index contributed by atoms with van der Waals surface area (Å²) in [6, 6.07) is 0. The smallest absolute Gasteiger partial charge is 0.0876 e. The van der Waals surface area contributed by atoms with Crippen molar-refractivity contribution in [3.8, 4) is 0 Å². The summed E-state index contributed by atoms with van der Waals surface area (Å²) in [5.74, 6) is 0. The first-order chi connectivity index (χ1) is 4.93. The van der Waals surface area contributed by atoms with Gasteiger partial charge in [-0.25, -0.2) is 0 Å². The Morgan fingerprint density at radius 1 is 1.60 bits per heavy atom. The van der Waals surface area contributed by atoms with Crippen LogP contribution in [0.15, 0.2) is 11.8 Å². The van der Waals surface area contributed by atoms with E-state index < -0.39 is 0 Å². The van der Waals surface area contributed by atoms with E-state index in [0.717, 1.165) is 6.61 Å². The second-order valence-corrected chi connectivity index (χ2v) is 2.85. The lowest BCUT2D eigenvalue weighted by molar-refractivity contribution is 0.222. The van der Waals surface area contributed by atoms with Crippen LogP contribution in [0.4, 0.5) is 0 Å². The molecule has 0 saturated heterocycles. The zero-order valence-electron chi connectivity index (χ0n) is 6.73. The Morgan fingerprint density at radius 2 is 2.50 bits per heavy atom. The standard InChI is InChI=1S/C9H16O/c1-2-3-5-9-6-4-7-10-8-9/h8H,2-7H2,1H3. The summed E-state index contributed by atoms with van der Waals surface area (Å²) in [6.45, 7) is 3.15. The molecule has 0 atom stereocenters. The van der Waals surface area contributed by atoms with Crippen molar-refractivity contribution in [3.05, 3.63) is 11.8 Å². The van der Waals surface area contributed by atoms with E-state index in [1.165, 1.54) is 37.7 Å². The topological polar surface area (TPSA) is 9.23 Å². The van der Waals surface area contributed by atoms with Crippen LogP contribution in [0.3, 0.4) is 0 Å². The summed E-state index contributed by atoms with van der Waals surface area (Å²) < 4.78 is 5.22. The minimum absolute atomic E-state index is 0.926. The zero-order valence-corrected chi connectivity index (χ0v) is 6.73. The van der Waals surface area contributed by atoms with Crippen molar-refractivity contribution in [1.29, 1.82) is 0 Å². The first-order valence-corrected chi connectivity index (χ1v) is 4.23. The molecule has 0 aliphatic carbocycles. The Kier molecular flexibility index (Phi) is 3.34. The fourth-order valence-electron chi connectivity index (χ4n) is 1.21. The van der Waals surface area contributed by atoms with Crippen LogP contribution in [0.1, 0.15) is 39.0 Å². The molecule has 1 heterocycles. The third-order valence-electron chi connectivity index (χ3n) is 1.86. The van der Waals surface area contributed by atoms with Crippen molar-refractivity contribution < 1.29 is 4.74 Å². The summed E-state index contributed by atoms with van der Waals surface area (Å²) in [5, 5.41) is 0. The first-order valence-electron chi connectivity index (χ1n) is 4.23. The molecule has 0 bridgehead atoms. The highest BCUT2D eigenvalue weighted by Gasteiger charge is 2.02. The zero-order chi connectivity index (χ0) is 7.23. The molecule has 0 saturated carbocycles. The highest BCUT2D eigenvalue weighted by molar-refractivity contribution is 4.99. The molecule has 0 aromatic carbocycles. The maximum absolute atomic E-state index is 5.22. The van der Waals surface area contributed by atoms with Gasteiger partial charge in [0.25, 0.3) is 0 Å². The van der Waals surface area contributed by atoms with Crippen molar-refractivity contribution in [2.75, 3.05) is 6.61 Å². The lowest BCUT2D eigenvalue weighted by atomic mass is 10.0. The van der Waals surface area contributed by atoms with E-state index in [1.54, 1.807) is 0 Å². The maximum atomic E-state index is 5.22. The molecular weight excluding hydrogens is 124 g/mol. The lowest BCUT2D eigenvalue weighted by Gasteiger charge is -2.12. The molecule has 0 spiro atoms. The minimum Gasteiger partial charge on any atom is -0.501 e. The largest absolute Gasteiger partial charge is 0.501 e. The molecular formula is C9H16O. The lowest BCUT2D eigenvalue weighted by Crippen LogP contribution is -1.98. The van der Waals surface area contributed by atoms with Gasteiger partial charge in [0.2, 0.25) is 0 Å². The predicted octanol–water partition coefficient (Wildman–Crippen LogP) is 2.87. The van der Waals surface area contributed by atoms with E-state index in [2.05, 4.69) is 6.92 Å². The third-order valence-corrected chi connectivity index (χ3v) is 1.86. The third kappa shape index (κ3) is 2.42. The van der Waals surface area contributed by atoms with Crippen LogP contribution in [0, 0.1) is 0 Å². The second-order valence-electron chi connectivity index (χ2n) is 2.85. The second kappa shape index (κ2) is 4.37. The number of ether oxygens (including phenoxy) is 1. The van der Waals surface area contributed by atoms with Gasteiger partial charge in [-0.15, -0.1) is 0 Å². The molecule has 0 aromatic rings. The molecule has 0 amide bonds. The Morgan fingerprint density at radius 3 is 3.10 bits per heavy atom. The summed E-state index contributed by atoms with van der Waals surface area (Å²) in [5.41, 5.74) is 1.51. The van der Waals surface area contributed by atoms with Gasteiger partial charge in [-0.05, 0) is 31.3 Å². The summed E-state index contributed by atoms with van der Waals surface area (Å²) in [6.07, 6.45) is 8.29. The molecule has 0 fully saturated rings. The maximum Gasteiger partial charge on any atom is 0.0876 e. The molecule has 0 N–H and O–H groups in total. The van der Waals surface area contributed by atoms with Gasteiger partial charge in [-0.1, -0.05) is 13.3 Å². The Balaban J connectivity index is 2.18. The van der Waals surface area contributed by atoms with Crippen molar-refractivity contribution in [2.45, 2.75) is 39.0 Å². The van der Waals surface area contributed by atoms with Crippen LogP contribution >= 0.6 is 0 Å². The SMILES string of the molecule is CCCCC1=COCCC1. The molecule has 1 heteroatoms. The number of allylic oxidation sites excluding steroid dienone is 1. The molecule has 58 valence electrons. The van der Waals surface area contributed by atoms with Crippen LogP contribution < -0.4 is 0 Å². The number of rotatable bonds is 3. The van der Waals surface area contributed by atoms with E-state index in [4.69, 9.17) is 4.74 Å². The normalized spacial score (nSPS) is 17.9. The van der Waals surface area contributed by atoms with Crippen LogP contribution in [0.25, 0.3) is 0 Å². The minimum atomic E-state index is 0.926. The van der Waals surface area contributed by atoms with E-state index in [9.17, 15) is 0 Å². The van der Waals surface area contributed by atoms with E-state index >= 15 is 0 Å². The van der Waals surface area contributed by atoms with Crippen LogP contribution in [-0.2, 0) is 4.74 Å². The van der Waals surface area contributed by atoms with E-state index in [1.807, 2.05) is 6.26 Å². The van der Waals surface area contributed by atoms with Gasteiger partial charge in [-0.3, -0.25) is 0 Å².